The van der Waals surface area contributed by atoms with Crippen molar-refractivity contribution in [1.29, 1.82) is 0 Å². The number of aryl methyl sites for hydroxylation is 1. The normalized spacial score (nSPS) is 13.8. The van der Waals surface area contributed by atoms with Gasteiger partial charge in [-0.05, 0) is 18.9 Å². The van der Waals surface area contributed by atoms with Crippen LogP contribution in [-0.2, 0) is 6.42 Å². The predicted octanol–water partition coefficient (Wildman–Crippen LogP) is 1.46. The second-order valence-corrected chi connectivity index (χ2v) is 4.18. The van der Waals surface area contributed by atoms with E-state index in [0.29, 0.717) is 12.4 Å². The van der Waals surface area contributed by atoms with Crippen LogP contribution in [0.25, 0.3) is 0 Å². The molecular formula is C12H18ClN3. The van der Waals surface area contributed by atoms with Gasteiger partial charge in [-0.2, -0.15) is 0 Å². The molecule has 0 radical (unpaired) electrons. The molecule has 0 heterocycles. The van der Waals surface area contributed by atoms with Crippen LogP contribution in [0.1, 0.15) is 11.1 Å². The Balaban J connectivity index is 2.45. The molecule has 1 aromatic rings. The third-order valence-corrected chi connectivity index (χ3v) is 2.56. The summed E-state index contributed by atoms with van der Waals surface area (Å²) in [7, 11) is 0. The molecule has 1 aromatic carbocycles. The van der Waals surface area contributed by atoms with Crippen LogP contribution in [0.4, 0.5) is 0 Å². The van der Waals surface area contributed by atoms with Gasteiger partial charge >= 0.3 is 0 Å². The Morgan fingerprint density at radius 1 is 1.38 bits per heavy atom. The zero-order valence-corrected chi connectivity index (χ0v) is 10.2. The number of amidine groups is 1. The minimum atomic E-state index is -0.00975. The second kappa shape index (κ2) is 6.51. The molecule has 0 aliphatic rings. The summed E-state index contributed by atoms with van der Waals surface area (Å²) in [6, 6.07) is 8.33. The van der Waals surface area contributed by atoms with E-state index < -0.39 is 0 Å². The van der Waals surface area contributed by atoms with E-state index in [1.807, 2.05) is 0 Å². The molecule has 0 bridgehead atoms. The van der Waals surface area contributed by atoms with Crippen molar-refractivity contribution >= 4 is 17.4 Å². The van der Waals surface area contributed by atoms with Crippen LogP contribution >= 0.6 is 11.6 Å². The van der Waals surface area contributed by atoms with Gasteiger partial charge in [0.25, 0.3) is 0 Å². The Kier molecular flexibility index (Phi) is 5.29. The maximum atomic E-state index is 5.94. The number of hydrogen-bond acceptors (Lipinski definition) is 2. The van der Waals surface area contributed by atoms with E-state index in [0.717, 1.165) is 6.42 Å². The smallest absolute Gasteiger partial charge is 0.109 e. The Bertz CT molecular complexity index is 346. The lowest BCUT2D eigenvalue weighted by atomic mass is 10.1. The van der Waals surface area contributed by atoms with Crippen LogP contribution < -0.4 is 11.5 Å². The summed E-state index contributed by atoms with van der Waals surface area (Å²) in [5.41, 5.74) is 13.9. The molecule has 0 saturated carbocycles. The van der Waals surface area contributed by atoms with Gasteiger partial charge in [0.15, 0.2) is 0 Å². The van der Waals surface area contributed by atoms with E-state index in [1.165, 1.54) is 11.1 Å². The fourth-order valence-corrected chi connectivity index (χ4v) is 1.45. The molecular weight excluding hydrogens is 222 g/mol. The number of aliphatic imine (C=N–C) groups is 1. The highest BCUT2D eigenvalue weighted by atomic mass is 35.5. The number of halogens is 1. The zero-order valence-electron chi connectivity index (χ0n) is 9.49. The number of benzene rings is 1. The Labute approximate surface area is 101 Å². The fraction of sp³-hybridized carbons (Fsp3) is 0.417. The summed E-state index contributed by atoms with van der Waals surface area (Å²) in [5, 5.41) is 0. The van der Waals surface area contributed by atoms with Gasteiger partial charge in [0, 0.05) is 6.04 Å². The van der Waals surface area contributed by atoms with Crippen molar-refractivity contribution < 1.29 is 0 Å². The minimum Gasteiger partial charge on any atom is -0.386 e. The Hall–Kier alpha value is -1.06. The first-order valence-electron chi connectivity index (χ1n) is 5.27. The first-order valence-corrected chi connectivity index (χ1v) is 5.81. The molecule has 0 aromatic heterocycles. The molecule has 0 aliphatic carbocycles. The first-order chi connectivity index (χ1) is 7.61. The topological polar surface area (TPSA) is 64.4 Å². The van der Waals surface area contributed by atoms with Gasteiger partial charge in [0.2, 0.25) is 0 Å². The number of rotatable bonds is 5. The van der Waals surface area contributed by atoms with Gasteiger partial charge in [-0.25, -0.2) is 0 Å². The average molecular weight is 240 g/mol. The van der Waals surface area contributed by atoms with E-state index in [2.05, 4.69) is 36.2 Å². The van der Waals surface area contributed by atoms with Crippen molar-refractivity contribution in [2.75, 3.05) is 12.4 Å². The van der Waals surface area contributed by atoms with Gasteiger partial charge in [-0.1, -0.05) is 29.8 Å². The molecule has 16 heavy (non-hydrogen) atoms. The molecule has 0 spiro atoms. The van der Waals surface area contributed by atoms with Gasteiger partial charge in [0.05, 0.1) is 12.4 Å². The van der Waals surface area contributed by atoms with E-state index in [4.69, 9.17) is 23.1 Å². The summed E-state index contributed by atoms with van der Waals surface area (Å²) in [5.74, 6) is 0.707. The molecule has 4 N–H and O–H groups in total. The zero-order chi connectivity index (χ0) is 12.0. The largest absolute Gasteiger partial charge is 0.386 e. The lowest BCUT2D eigenvalue weighted by molar-refractivity contribution is 0.679. The lowest BCUT2D eigenvalue weighted by Gasteiger charge is -2.09. The monoisotopic (exact) mass is 239 g/mol. The van der Waals surface area contributed by atoms with Crippen LogP contribution in [0.2, 0.25) is 0 Å². The van der Waals surface area contributed by atoms with Crippen molar-refractivity contribution in [2.45, 2.75) is 19.4 Å². The number of nitrogens with zero attached hydrogens (tertiary/aromatic N) is 1. The molecule has 1 unspecified atom stereocenters. The lowest BCUT2D eigenvalue weighted by Crippen LogP contribution is -2.28. The third kappa shape index (κ3) is 4.64. The average Bonchev–Trinajstić information content (AvgIpc) is 2.29. The highest BCUT2D eigenvalue weighted by molar-refractivity contribution is 6.27. The van der Waals surface area contributed by atoms with Crippen molar-refractivity contribution in [3.63, 3.8) is 0 Å². The number of nitrogens with two attached hydrogens (primary N) is 2. The van der Waals surface area contributed by atoms with Gasteiger partial charge < -0.3 is 11.5 Å². The van der Waals surface area contributed by atoms with Gasteiger partial charge in [-0.3, -0.25) is 4.99 Å². The van der Waals surface area contributed by atoms with Crippen LogP contribution in [0.15, 0.2) is 29.3 Å². The quantitative estimate of drug-likeness (QED) is 0.464. The van der Waals surface area contributed by atoms with Crippen molar-refractivity contribution in [2.24, 2.45) is 16.5 Å². The summed E-state index contributed by atoms with van der Waals surface area (Å²) in [6.07, 6.45) is 0.805. The fourth-order valence-electron chi connectivity index (χ4n) is 1.37. The number of hydrogen-bond donors (Lipinski definition) is 2. The Morgan fingerprint density at radius 2 is 2.00 bits per heavy atom. The van der Waals surface area contributed by atoms with Gasteiger partial charge in [0.1, 0.15) is 5.84 Å². The SMILES string of the molecule is Cc1ccc(CC(N)CN=C(N)CCl)cc1. The van der Waals surface area contributed by atoms with Crippen molar-refractivity contribution in [3.8, 4) is 0 Å². The third-order valence-electron chi connectivity index (χ3n) is 2.28. The highest BCUT2D eigenvalue weighted by Gasteiger charge is 2.03. The van der Waals surface area contributed by atoms with E-state index in [9.17, 15) is 0 Å². The number of alkyl halides is 1. The first kappa shape index (κ1) is 13.0. The highest BCUT2D eigenvalue weighted by Crippen LogP contribution is 2.05. The van der Waals surface area contributed by atoms with Crippen LogP contribution in [-0.4, -0.2) is 24.3 Å². The molecule has 88 valence electrons. The summed E-state index contributed by atoms with van der Waals surface area (Å²) in [4.78, 5) is 4.09. The maximum absolute atomic E-state index is 5.94. The molecule has 0 saturated heterocycles. The standard InChI is InChI=1S/C12H18ClN3/c1-9-2-4-10(5-3-9)6-11(14)8-16-12(15)7-13/h2-5,11H,6-8,14H2,1H3,(H2,15,16). The Morgan fingerprint density at radius 3 is 2.56 bits per heavy atom. The van der Waals surface area contributed by atoms with Crippen LogP contribution in [0, 0.1) is 6.92 Å². The summed E-state index contributed by atoms with van der Waals surface area (Å²) < 4.78 is 0. The van der Waals surface area contributed by atoms with E-state index in [-0.39, 0.29) is 11.9 Å². The molecule has 4 heteroatoms. The van der Waals surface area contributed by atoms with Crippen LogP contribution in [0.3, 0.4) is 0 Å². The molecule has 1 rings (SSSR count). The van der Waals surface area contributed by atoms with Gasteiger partial charge in [-0.15, -0.1) is 11.6 Å². The molecule has 0 fully saturated rings. The molecule has 1 atom stereocenters. The molecule has 0 amide bonds. The van der Waals surface area contributed by atoms with Crippen molar-refractivity contribution in [1.82, 2.24) is 0 Å². The van der Waals surface area contributed by atoms with E-state index >= 15 is 0 Å². The minimum absolute atomic E-state index is 0.00975. The predicted molar refractivity (Wildman–Crippen MR) is 70.1 cm³/mol. The van der Waals surface area contributed by atoms with E-state index in [1.54, 1.807) is 0 Å². The van der Waals surface area contributed by atoms with Crippen LogP contribution in [0.5, 0.6) is 0 Å². The summed E-state index contributed by atoms with van der Waals surface area (Å²) >= 11 is 5.52. The summed E-state index contributed by atoms with van der Waals surface area (Å²) in [6.45, 7) is 2.58. The molecule has 3 nitrogen and oxygen atoms in total. The molecule has 0 aliphatic heterocycles. The van der Waals surface area contributed by atoms with Crippen molar-refractivity contribution in [3.05, 3.63) is 35.4 Å². The second-order valence-electron chi connectivity index (χ2n) is 3.92. The maximum Gasteiger partial charge on any atom is 0.109 e.